The zero-order valence-electron chi connectivity index (χ0n) is 10.1. The number of rotatable bonds is 2. The first-order chi connectivity index (χ1) is 8.06. The summed E-state index contributed by atoms with van der Waals surface area (Å²) in [7, 11) is 1.96. The van der Waals surface area contributed by atoms with Crippen LogP contribution in [0.3, 0.4) is 0 Å². The molecule has 1 aromatic heterocycles. The number of nitrogens with one attached hydrogen (secondary N) is 1. The largest absolute Gasteiger partial charge is 0.452 e. The van der Waals surface area contributed by atoms with Crippen LogP contribution in [0.25, 0.3) is 0 Å². The summed E-state index contributed by atoms with van der Waals surface area (Å²) in [6.07, 6.45) is 3.34. The first-order valence-corrected chi connectivity index (χ1v) is 6.15. The normalized spacial score (nSPS) is 19.4. The van der Waals surface area contributed by atoms with Gasteiger partial charge in [0.25, 0.3) is 5.91 Å². The Morgan fingerprint density at radius 3 is 2.65 bits per heavy atom. The number of likely N-dealkylation sites (tertiary alicyclic amines) is 1. The van der Waals surface area contributed by atoms with E-state index in [1.54, 1.807) is 6.07 Å². The molecule has 1 saturated heterocycles. The first kappa shape index (κ1) is 12.5. The molecule has 1 fully saturated rings. The van der Waals surface area contributed by atoms with Crippen LogP contribution in [0.4, 0.5) is 0 Å². The van der Waals surface area contributed by atoms with Crippen molar-refractivity contribution < 1.29 is 9.21 Å². The van der Waals surface area contributed by atoms with Crippen molar-refractivity contribution in [2.75, 3.05) is 20.1 Å². The number of piperidine rings is 1. The topological polar surface area (TPSA) is 45.5 Å². The average molecular weight is 257 g/mol. The molecule has 0 unspecified atom stereocenters. The second kappa shape index (κ2) is 4.70. The van der Waals surface area contributed by atoms with Crippen molar-refractivity contribution in [1.82, 2.24) is 10.2 Å². The van der Waals surface area contributed by atoms with E-state index in [0.29, 0.717) is 5.56 Å². The standard InChI is InChI=1S/C12H17ClN2O2/c1-12(14-2)4-6-15(7-5-12)11(16)9-3-8-17-10(9)13/h3,8,14H,4-7H2,1-2H3. The van der Waals surface area contributed by atoms with Crippen molar-refractivity contribution in [3.8, 4) is 0 Å². The van der Waals surface area contributed by atoms with Gasteiger partial charge in [-0.25, -0.2) is 0 Å². The quantitative estimate of drug-likeness (QED) is 0.882. The van der Waals surface area contributed by atoms with Gasteiger partial charge in [0.2, 0.25) is 5.22 Å². The van der Waals surface area contributed by atoms with Crippen LogP contribution >= 0.6 is 11.6 Å². The number of hydrogen-bond acceptors (Lipinski definition) is 3. The molecule has 0 spiro atoms. The Hall–Kier alpha value is -1.00. The first-order valence-electron chi connectivity index (χ1n) is 5.77. The highest BCUT2D eigenvalue weighted by Crippen LogP contribution is 2.24. The fourth-order valence-corrected chi connectivity index (χ4v) is 2.27. The molecule has 2 rings (SSSR count). The predicted octanol–water partition coefficient (Wildman–Crippen LogP) is 2.15. The smallest absolute Gasteiger partial charge is 0.258 e. The van der Waals surface area contributed by atoms with E-state index in [4.69, 9.17) is 16.0 Å². The maximum absolute atomic E-state index is 12.1. The summed E-state index contributed by atoms with van der Waals surface area (Å²) in [5.74, 6) is -0.0399. The van der Waals surface area contributed by atoms with Crippen LogP contribution in [0, 0.1) is 0 Å². The van der Waals surface area contributed by atoms with E-state index in [2.05, 4.69) is 12.2 Å². The molecular formula is C12H17ClN2O2. The zero-order valence-corrected chi connectivity index (χ0v) is 10.9. The molecule has 94 valence electrons. The third-order valence-electron chi connectivity index (χ3n) is 3.61. The van der Waals surface area contributed by atoms with E-state index in [1.807, 2.05) is 11.9 Å². The van der Waals surface area contributed by atoms with Crippen LogP contribution in [0.2, 0.25) is 5.22 Å². The third kappa shape index (κ3) is 2.48. The number of nitrogens with zero attached hydrogens (tertiary/aromatic N) is 1. The molecule has 1 aliphatic rings. The lowest BCUT2D eigenvalue weighted by Gasteiger charge is -2.39. The Balaban J connectivity index is 2.02. The summed E-state index contributed by atoms with van der Waals surface area (Å²) in [5.41, 5.74) is 0.594. The van der Waals surface area contributed by atoms with Gasteiger partial charge >= 0.3 is 0 Å². The highest BCUT2D eigenvalue weighted by molar-refractivity contribution is 6.32. The number of furan rings is 1. The summed E-state index contributed by atoms with van der Waals surface area (Å²) in [5, 5.41) is 3.48. The minimum absolute atomic E-state index is 0.0399. The number of halogens is 1. The molecule has 0 aromatic carbocycles. The molecule has 0 saturated carbocycles. The van der Waals surface area contributed by atoms with Crippen molar-refractivity contribution in [1.29, 1.82) is 0 Å². The van der Waals surface area contributed by atoms with Crippen molar-refractivity contribution in [3.05, 3.63) is 23.1 Å². The fraction of sp³-hybridized carbons (Fsp3) is 0.583. The van der Waals surface area contributed by atoms with Gasteiger partial charge in [-0.15, -0.1) is 0 Å². The molecule has 17 heavy (non-hydrogen) atoms. The molecule has 4 nitrogen and oxygen atoms in total. The minimum Gasteiger partial charge on any atom is -0.452 e. The summed E-state index contributed by atoms with van der Waals surface area (Å²) in [6.45, 7) is 3.68. The molecule has 0 bridgehead atoms. The van der Waals surface area contributed by atoms with Gasteiger partial charge in [0.15, 0.2) is 0 Å². The van der Waals surface area contributed by atoms with Gasteiger partial charge in [0, 0.05) is 18.6 Å². The van der Waals surface area contributed by atoms with Crippen LogP contribution in [0.15, 0.2) is 16.7 Å². The summed E-state index contributed by atoms with van der Waals surface area (Å²) in [6, 6.07) is 1.62. The van der Waals surface area contributed by atoms with Crippen molar-refractivity contribution >= 4 is 17.5 Å². The molecule has 2 heterocycles. The Morgan fingerprint density at radius 2 is 2.18 bits per heavy atom. The predicted molar refractivity (Wildman–Crippen MR) is 66.3 cm³/mol. The van der Waals surface area contributed by atoms with Crippen molar-refractivity contribution in [2.45, 2.75) is 25.3 Å². The zero-order chi connectivity index (χ0) is 12.5. The molecule has 5 heteroatoms. The van der Waals surface area contributed by atoms with Crippen LogP contribution in [0.1, 0.15) is 30.1 Å². The summed E-state index contributed by atoms with van der Waals surface area (Å²) < 4.78 is 4.94. The monoisotopic (exact) mass is 256 g/mol. The van der Waals surface area contributed by atoms with Gasteiger partial charge in [0.05, 0.1) is 11.8 Å². The Labute approximate surface area is 106 Å². The molecular weight excluding hydrogens is 240 g/mol. The molecule has 0 atom stereocenters. The highest BCUT2D eigenvalue weighted by atomic mass is 35.5. The molecule has 0 radical (unpaired) electrons. The van der Waals surface area contributed by atoms with Crippen LogP contribution in [-0.2, 0) is 0 Å². The number of hydrogen-bond donors (Lipinski definition) is 1. The van der Waals surface area contributed by atoms with Gasteiger partial charge in [-0.2, -0.15) is 0 Å². The number of amides is 1. The molecule has 1 amide bonds. The van der Waals surface area contributed by atoms with Gasteiger partial charge in [-0.05, 0) is 44.5 Å². The SMILES string of the molecule is CNC1(C)CCN(C(=O)c2ccoc2Cl)CC1. The van der Waals surface area contributed by atoms with Crippen LogP contribution in [-0.4, -0.2) is 36.5 Å². The molecule has 1 aliphatic heterocycles. The Kier molecular flexibility index (Phi) is 3.45. The summed E-state index contributed by atoms with van der Waals surface area (Å²) >= 11 is 5.81. The van der Waals surface area contributed by atoms with E-state index in [-0.39, 0.29) is 16.7 Å². The van der Waals surface area contributed by atoms with E-state index in [1.165, 1.54) is 6.26 Å². The Bertz CT molecular complexity index is 408. The molecule has 1 aromatic rings. The van der Waals surface area contributed by atoms with E-state index < -0.39 is 0 Å². The summed E-state index contributed by atoms with van der Waals surface area (Å²) in [4.78, 5) is 14.0. The third-order valence-corrected chi connectivity index (χ3v) is 3.90. The lowest BCUT2D eigenvalue weighted by atomic mass is 9.90. The minimum atomic E-state index is -0.0399. The van der Waals surface area contributed by atoms with Gasteiger partial charge in [0.1, 0.15) is 0 Å². The number of carbonyl (C=O) groups is 1. The van der Waals surface area contributed by atoms with Crippen molar-refractivity contribution in [3.63, 3.8) is 0 Å². The van der Waals surface area contributed by atoms with Gasteiger partial charge < -0.3 is 14.6 Å². The lowest BCUT2D eigenvalue weighted by molar-refractivity contribution is 0.0661. The highest BCUT2D eigenvalue weighted by Gasteiger charge is 2.31. The van der Waals surface area contributed by atoms with E-state index in [9.17, 15) is 4.79 Å². The van der Waals surface area contributed by atoms with Gasteiger partial charge in [-0.3, -0.25) is 4.79 Å². The van der Waals surface area contributed by atoms with Crippen LogP contribution < -0.4 is 5.32 Å². The maximum atomic E-state index is 12.1. The lowest BCUT2D eigenvalue weighted by Crippen LogP contribution is -2.51. The molecule has 1 N–H and O–H groups in total. The molecule has 0 aliphatic carbocycles. The van der Waals surface area contributed by atoms with Crippen molar-refractivity contribution in [2.24, 2.45) is 0 Å². The fourth-order valence-electron chi connectivity index (χ4n) is 2.07. The average Bonchev–Trinajstić information content (AvgIpc) is 2.76. The second-order valence-electron chi connectivity index (χ2n) is 4.71. The Morgan fingerprint density at radius 1 is 1.53 bits per heavy atom. The van der Waals surface area contributed by atoms with E-state index >= 15 is 0 Å². The van der Waals surface area contributed by atoms with E-state index in [0.717, 1.165) is 25.9 Å². The second-order valence-corrected chi connectivity index (χ2v) is 5.05. The number of carbonyl (C=O) groups excluding carboxylic acids is 1. The van der Waals surface area contributed by atoms with Gasteiger partial charge in [-0.1, -0.05) is 0 Å². The van der Waals surface area contributed by atoms with Crippen LogP contribution in [0.5, 0.6) is 0 Å². The maximum Gasteiger partial charge on any atom is 0.258 e.